The highest BCUT2D eigenvalue weighted by Crippen LogP contribution is 2.27. The van der Waals surface area contributed by atoms with Crippen molar-refractivity contribution in [3.8, 4) is 0 Å². The van der Waals surface area contributed by atoms with Gasteiger partial charge in [0.25, 0.3) is 5.69 Å². The van der Waals surface area contributed by atoms with Gasteiger partial charge in [-0.2, -0.15) is 0 Å². The van der Waals surface area contributed by atoms with Crippen molar-refractivity contribution in [2.45, 2.75) is 51.6 Å². The smallest absolute Gasteiger partial charge is 0.269 e. The first-order chi connectivity index (χ1) is 9.61. The van der Waals surface area contributed by atoms with Gasteiger partial charge in [0.1, 0.15) is 0 Å². The lowest BCUT2D eigenvalue weighted by atomic mass is 9.94. The van der Waals surface area contributed by atoms with E-state index in [0.29, 0.717) is 17.6 Å². The van der Waals surface area contributed by atoms with Crippen molar-refractivity contribution in [1.29, 1.82) is 0 Å². The second kappa shape index (κ2) is 7.04. The molecule has 1 aliphatic rings. The fourth-order valence-corrected chi connectivity index (χ4v) is 3.14. The van der Waals surface area contributed by atoms with Crippen LogP contribution in [0.15, 0.2) is 18.2 Å². The van der Waals surface area contributed by atoms with E-state index in [2.05, 4.69) is 11.8 Å². The zero-order valence-corrected chi connectivity index (χ0v) is 12.6. The molecule has 1 aliphatic carbocycles. The van der Waals surface area contributed by atoms with E-state index >= 15 is 0 Å². The van der Waals surface area contributed by atoms with Gasteiger partial charge in [0.2, 0.25) is 0 Å². The summed E-state index contributed by atoms with van der Waals surface area (Å²) in [5, 5.41) is 11.5. The first kappa shape index (κ1) is 15.3. The normalized spacial score (nSPS) is 16.6. The van der Waals surface area contributed by atoms with Gasteiger partial charge in [-0.25, -0.2) is 0 Å². The van der Waals surface area contributed by atoms with Crippen LogP contribution in [-0.2, 0) is 6.54 Å². The van der Waals surface area contributed by atoms with E-state index in [-0.39, 0.29) is 10.6 Å². The van der Waals surface area contributed by atoms with Crippen molar-refractivity contribution in [3.63, 3.8) is 0 Å². The number of non-ortho nitro benzene ring substituents is 1. The van der Waals surface area contributed by atoms with Crippen molar-refractivity contribution in [2.24, 2.45) is 0 Å². The Morgan fingerprint density at radius 3 is 2.65 bits per heavy atom. The molecule has 0 aromatic heterocycles. The second-order valence-electron chi connectivity index (χ2n) is 5.39. The van der Waals surface area contributed by atoms with Crippen molar-refractivity contribution in [2.75, 3.05) is 6.54 Å². The monoisotopic (exact) mass is 296 g/mol. The Labute approximate surface area is 124 Å². The summed E-state index contributed by atoms with van der Waals surface area (Å²) in [4.78, 5) is 12.9. The summed E-state index contributed by atoms with van der Waals surface area (Å²) in [5.74, 6) is 0. The lowest BCUT2D eigenvalue weighted by Gasteiger charge is -2.33. The van der Waals surface area contributed by atoms with Gasteiger partial charge in [-0.15, -0.1) is 0 Å². The van der Waals surface area contributed by atoms with Gasteiger partial charge in [-0.1, -0.05) is 37.8 Å². The number of nitro benzene ring substituents is 1. The fourth-order valence-electron chi connectivity index (χ4n) is 2.96. The minimum atomic E-state index is -0.364. The Balaban J connectivity index is 2.13. The molecule has 0 bridgehead atoms. The third kappa shape index (κ3) is 3.70. The number of hydrogen-bond donors (Lipinski definition) is 0. The maximum atomic E-state index is 10.9. The maximum Gasteiger partial charge on any atom is 0.269 e. The molecule has 0 amide bonds. The van der Waals surface area contributed by atoms with Crippen LogP contribution in [0.4, 0.5) is 5.69 Å². The lowest BCUT2D eigenvalue weighted by Crippen LogP contribution is -2.36. The van der Waals surface area contributed by atoms with E-state index in [1.54, 1.807) is 12.1 Å². The van der Waals surface area contributed by atoms with Crippen molar-refractivity contribution >= 4 is 17.3 Å². The van der Waals surface area contributed by atoms with Crippen LogP contribution in [0.2, 0.25) is 5.02 Å². The molecule has 0 heterocycles. The van der Waals surface area contributed by atoms with Crippen LogP contribution in [0.1, 0.15) is 44.6 Å². The summed E-state index contributed by atoms with van der Waals surface area (Å²) >= 11 is 6.19. The molecule has 1 aromatic rings. The standard InChI is InChI=1S/C15H21ClN2O2/c1-2-17(13-6-4-3-5-7-13)11-12-10-14(18(19)20)8-9-15(12)16/h8-10,13H,2-7,11H2,1H3. The number of hydrogen-bond acceptors (Lipinski definition) is 3. The maximum absolute atomic E-state index is 10.9. The van der Waals surface area contributed by atoms with E-state index in [0.717, 1.165) is 12.1 Å². The van der Waals surface area contributed by atoms with E-state index in [9.17, 15) is 10.1 Å². The molecule has 0 radical (unpaired) electrons. The number of nitro groups is 1. The average molecular weight is 297 g/mol. The number of nitrogens with zero attached hydrogens (tertiary/aromatic N) is 2. The zero-order valence-electron chi connectivity index (χ0n) is 11.8. The van der Waals surface area contributed by atoms with Crippen molar-refractivity contribution in [1.82, 2.24) is 4.90 Å². The molecule has 1 aromatic carbocycles. The third-order valence-electron chi connectivity index (χ3n) is 4.11. The van der Waals surface area contributed by atoms with Crippen LogP contribution in [0.5, 0.6) is 0 Å². The molecule has 2 rings (SSSR count). The van der Waals surface area contributed by atoms with Crippen molar-refractivity contribution < 1.29 is 4.92 Å². The van der Waals surface area contributed by atoms with E-state index < -0.39 is 0 Å². The molecule has 5 heteroatoms. The Morgan fingerprint density at radius 2 is 2.05 bits per heavy atom. The molecule has 1 fully saturated rings. The lowest BCUT2D eigenvalue weighted by molar-refractivity contribution is -0.384. The highest BCUT2D eigenvalue weighted by atomic mass is 35.5. The Bertz CT molecular complexity index is 473. The highest BCUT2D eigenvalue weighted by molar-refractivity contribution is 6.31. The van der Waals surface area contributed by atoms with Crippen LogP contribution >= 0.6 is 11.6 Å². The summed E-state index contributed by atoms with van der Waals surface area (Å²) in [5.41, 5.74) is 0.970. The van der Waals surface area contributed by atoms with Gasteiger partial charge in [0, 0.05) is 29.7 Å². The van der Waals surface area contributed by atoms with Gasteiger partial charge in [-0.05, 0) is 31.0 Å². The first-order valence-electron chi connectivity index (χ1n) is 7.28. The third-order valence-corrected chi connectivity index (χ3v) is 4.48. The molecule has 0 N–H and O–H groups in total. The Morgan fingerprint density at radius 1 is 1.35 bits per heavy atom. The topological polar surface area (TPSA) is 46.4 Å². The predicted octanol–water partition coefficient (Wildman–Crippen LogP) is 4.40. The molecule has 4 nitrogen and oxygen atoms in total. The SMILES string of the molecule is CCN(Cc1cc([N+](=O)[O-])ccc1Cl)C1CCCCC1. The van der Waals surface area contributed by atoms with Crippen LogP contribution in [-0.4, -0.2) is 22.4 Å². The number of benzene rings is 1. The molecular formula is C15H21ClN2O2. The minimum Gasteiger partial charge on any atom is -0.296 e. The molecule has 110 valence electrons. The summed E-state index contributed by atoms with van der Waals surface area (Å²) in [6.45, 7) is 3.78. The summed E-state index contributed by atoms with van der Waals surface area (Å²) < 4.78 is 0. The van der Waals surface area contributed by atoms with Crippen LogP contribution < -0.4 is 0 Å². The van der Waals surface area contributed by atoms with E-state index in [4.69, 9.17) is 11.6 Å². The summed E-state index contributed by atoms with van der Waals surface area (Å²) in [6.07, 6.45) is 6.33. The van der Waals surface area contributed by atoms with Gasteiger partial charge in [0.15, 0.2) is 0 Å². The van der Waals surface area contributed by atoms with Crippen LogP contribution in [0.25, 0.3) is 0 Å². The first-order valence-corrected chi connectivity index (χ1v) is 7.66. The fraction of sp³-hybridized carbons (Fsp3) is 0.600. The van der Waals surface area contributed by atoms with Gasteiger partial charge >= 0.3 is 0 Å². The Kier molecular flexibility index (Phi) is 5.38. The number of rotatable bonds is 5. The molecule has 0 aliphatic heterocycles. The minimum absolute atomic E-state index is 0.115. The summed E-state index contributed by atoms with van der Waals surface area (Å²) in [7, 11) is 0. The average Bonchev–Trinajstić information content (AvgIpc) is 2.47. The summed E-state index contributed by atoms with van der Waals surface area (Å²) in [6, 6.07) is 5.28. The van der Waals surface area contributed by atoms with E-state index in [1.165, 1.54) is 38.2 Å². The predicted molar refractivity (Wildman–Crippen MR) is 81.1 cm³/mol. The largest absolute Gasteiger partial charge is 0.296 e. The molecule has 0 unspecified atom stereocenters. The van der Waals surface area contributed by atoms with Gasteiger partial charge < -0.3 is 0 Å². The molecular weight excluding hydrogens is 276 g/mol. The zero-order chi connectivity index (χ0) is 14.5. The van der Waals surface area contributed by atoms with Gasteiger partial charge in [0.05, 0.1) is 4.92 Å². The quantitative estimate of drug-likeness (QED) is 0.597. The van der Waals surface area contributed by atoms with Crippen LogP contribution in [0.3, 0.4) is 0 Å². The van der Waals surface area contributed by atoms with Crippen molar-refractivity contribution in [3.05, 3.63) is 38.9 Å². The van der Waals surface area contributed by atoms with Gasteiger partial charge in [-0.3, -0.25) is 15.0 Å². The molecule has 0 atom stereocenters. The Hall–Kier alpha value is -1.13. The highest BCUT2D eigenvalue weighted by Gasteiger charge is 2.21. The molecule has 20 heavy (non-hydrogen) atoms. The second-order valence-corrected chi connectivity index (χ2v) is 5.79. The van der Waals surface area contributed by atoms with Crippen LogP contribution in [0, 0.1) is 10.1 Å². The van der Waals surface area contributed by atoms with E-state index in [1.807, 2.05) is 0 Å². The number of halogens is 1. The molecule has 1 saturated carbocycles. The molecule has 0 saturated heterocycles. The molecule has 0 spiro atoms.